The third kappa shape index (κ3) is 5.40. The van der Waals surface area contributed by atoms with E-state index in [0.29, 0.717) is 23.9 Å². The van der Waals surface area contributed by atoms with Crippen LogP contribution in [0.3, 0.4) is 0 Å². The van der Waals surface area contributed by atoms with Gasteiger partial charge in [-0.2, -0.15) is 11.8 Å². The standard InChI is InChI=1S/C20H28N2O3S/c1-26-14-2-11-21-19(23)15-5-7-17(8-6-15)25-18-9-12-22(13-10-18)20(24)16-3-4-16/h5-8,16,18H,2-4,9-14H2,1H3,(H,21,23). The van der Waals surface area contributed by atoms with E-state index in [1.165, 1.54) is 0 Å². The molecule has 6 heteroatoms. The monoisotopic (exact) mass is 376 g/mol. The largest absolute Gasteiger partial charge is 0.490 e. The van der Waals surface area contributed by atoms with Crippen LogP contribution in [0.1, 0.15) is 42.5 Å². The van der Waals surface area contributed by atoms with Crippen molar-refractivity contribution in [2.24, 2.45) is 5.92 Å². The molecule has 1 aliphatic carbocycles. The van der Waals surface area contributed by atoms with Crippen molar-refractivity contribution in [3.63, 3.8) is 0 Å². The number of likely N-dealkylation sites (tertiary alicyclic amines) is 1. The molecule has 26 heavy (non-hydrogen) atoms. The summed E-state index contributed by atoms with van der Waals surface area (Å²) in [5.74, 6) is 2.43. The molecule has 2 fully saturated rings. The summed E-state index contributed by atoms with van der Waals surface area (Å²) < 4.78 is 6.03. The molecule has 0 bridgehead atoms. The highest BCUT2D eigenvalue weighted by molar-refractivity contribution is 7.98. The number of hydrogen-bond donors (Lipinski definition) is 1. The van der Waals surface area contributed by atoms with Gasteiger partial charge in [0, 0.05) is 44.0 Å². The molecule has 1 saturated carbocycles. The van der Waals surface area contributed by atoms with Gasteiger partial charge in [0.05, 0.1) is 0 Å². The molecule has 1 saturated heterocycles. The number of benzene rings is 1. The molecule has 0 aromatic heterocycles. The zero-order valence-corrected chi connectivity index (χ0v) is 16.2. The highest BCUT2D eigenvalue weighted by Crippen LogP contribution is 2.32. The second kappa shape index (κ2) is 9.31. The van der Waals surface area contributed by atoms with Gasteiger partial charge in [-0.1, -0.05) is 0 Å². The first kappa shape index (κ1) is 19.1. The first-order valence-electron chi connectivity index (χ1n) is 9.50. The Bertz CT molecular complexity index is 608. The zero-order chi connectivity index (χ0) is 18.4. The number of nitrogens with one attached hydrogen (secondary N) is 1. The van der Waals surface area contributed by atoms with E-state index in [9.17, 15) is 9.59 Å². The summed E-state index contributed by atoms with van der Waals surface area (Å²) in [4.78, 5) is 26.1. The highest BCUT2D eigenvalue weighted by atomic mass is 32.2. The molecule has 1 heterocycles. The number of carbonyl (C=O) groups excluding carboxylic acids is 2. The maximum Gasteiger partial charge on any atom is 0.251 e. The van der Waals surface area contributed by atoms with Crippen molar-refractivity contribution < 1.29 is 14.3 Å². The van der Waals surface area contributed by atoms with Crippen molar-refractivity contribution in [3.05, 3.63) is 29.8 Å². The average Bonchev–Trinajstić information content (AvgIpc) is 3.51. The van der Waals surface area contributed by atoms with Crippen molar-refractivity contribution in [3.8, 4) is 5.75 Å². The fourth-order valence-electron chi connectivity index (χ4n) is 3.18. The lowest BCUT2D eigenvalue weighted by Crippen LogP contribution is -2.42. The van der Waals surface area contributed by atoms with Crippen LogP contribution in [0.2, 0.25) is 0 Å². The predicted molar refractivity (Wildman–Crippen MR) is 105 cm³/mol. The molecule has 1 aliphatic heterocycles. The topological polar surface area (TPSA) is 58.6 Å². The van der Waals surface area contributed by atoms with Crippen LogP contribution in [0.25, 0.3) is 0 Å². The van der Waals surface area contributed by atoms with Crippen molar-refractivity contribution in [1.82, 2.24) is 10.2 Å². The quantitative estimate of drug-likeness (QED) is 0.709. The molecule has 0 spiro atoms. The van der Waals surface area contributed by atoms with Crippen LogP contribution in [-0.4, -0.2) is 54.5 Å². The Morgan fingerprint density at radius 1 is 1.15 bits per heavy atom. The Balaban J connectivity index is 1.41. The fraction of sp³-hybridized carbons (Fsp3) is 0.600. The van der Waals surface area contributed by atoms with Gasteiger partial charge in [-0.25, -0.2) is 0 Å². The molecule has 0 radical (unpaired) electrons. The highest BCUT2D eigenvalue weighted by Gasteiger charge is 2.35. The van der Waals surface area contributed by atoms with E-state index in [1.807, 2.05) is 29.2 Å². The number of carbonyl (C=O) groups is 2. The molecule has 2 amide bonds. The van der Waals surface area contributed by atoms with E-state index in [2.05, 4.69) is 11.6 Å². The van der Waals surface area contributed by atoms with E-state index in [0.717, 1.165) is 56.7 Å². The molecule has 142 valence electrons. The maximum absolute atomic E-state index is 12.1. The van der Waals surface area contributed by atoms with Crippen LogP contribution in [0.15, 0.2) is 24.3 Å². The Hall–Kier alpha value is -1.69. The lowest BCUT2D eigenvalue weighted by molar-refractivity contribution is -0.134. The van der Waals surface area contributed by atoms with Crippen LogP contribution < -0.4 is 10.1 Å². The summed E-state index contributed by atoms with van der Waals surface area (Å²) in [5.41, 5.74) is 0.659. The molecule has 3 rings (SSSR count). The number of rotatable bonds is 8. The molecular formula is C20H28N2O3S. The minimum Gasteiger partial charge on any atom is -0.490 e. The molecule has 0 unspecified atom stereocenters. The average molecular weight is 377 g/mol. The maximum atomic E-state index is 12.1. The summed E-state index contributed by atoms with van der Waals surface area (Å²) in [6, 6.07) is 7.34. The van der Waals surface area contributed by atoms with Gasteiger partial charge in [-0.05, 0) is 55.5 Å². The number of amides is 2. The van der Waals surface area contributed by atoms with Gasteiger partial charge >= 0.3 is 0 Å². The Kier molecular flexibility index (Phi) is 6.83. The van der Waals surface area contributed by atoms with Gasteiger partial charge in [-0.3, -0.25) is 9.59 Å². The number of nitrogens with zero attached hydrogens (tertiary/aromatic N) is 1. The van der Waals surface area contributed by atoms with Crippen LogP contribution in [0, 0.1) is 5.92 Å². The summed E-state index contributed by atoms with van der Waals surface area (Å²) in [6.07, 6.45) is 7.06. The lowest BCUT2D eigenvalue weighted by Gasteiger charge is -2.32. The molecule has 0 atom stereocenters. The fourth-order valence-corrected chi connectivity index (χ4v) is 3.61. The zero-order valence-electron chi connectivity index (χ0n) is 15.4. The number of piperidine rings is 1. The van der Waals surface area contributed by atoms with Crippen LogP contribution in [0.4, 0.5) is 0 Å². The van der Waals surface area contributed by atoms with Crippen molar-refractivity contribution >= 4 is 23.6 Å². The van der Waals surface area contributed by atoms with Gasteiger partial charge in [0.1, 0.15) is 11.9 Å². The SMILES string of the molecule is CSCCCNC(=O)c1ccc(OC2CCN(C(=O)C3CC3)CC2)cc1. The first-order valence-corrected chi connectivity index (χ1v) is 10.9. The summed E-state index contributed by atoms with van der Waals surface area (Å²) in [5, 5.41) is 2.93. The van der Waals surface area contributed by atoms with Gasteiger partial charge < -0.3 is 15.0 Å². The second-order valence-corrected chi connectivity index (χ2v) is 8.03. The van der Waals surface area contributed by atoms with Crippen LogP contribution in [0.5, 0.6) is 5.75 Å². The van der Waals surface area contributed by atoms with Crippen LogP contribution >= 0.6 is 11.8 Å². The van der Waals surface area contributed by atoms with Crippen molar-refractivity contribution in [2.75, 3.05) is 31.6 Å². The molecule has 2 aliphatic rings. The van der Waals surface area contributed by atoms with Crippen molar-refractivity contribution in [2.45, 2.75) is 38.2 Å². The van der Waals surface area contributed by atoms with Gasteiger partial charge in [0.2, 0.25) is 5.91 Å². The van der Waals surface area contributed by atoms with Gasteiger partial charge in [0.15, 0.2) is 0 Å². The Morgan fingerprint density at radius 3 is 2.46 bits per heavy atom. The van der Waals surface area contributed by atoms with Gasteiger partial charge in [-0.15, -0.1) is 0 Å². The number of thioether (sulfide) groups is 1. The second-order valence-electron chi connectivity index (χ2n) is 7.04. The van der Waals surface area contributed by atoms with E-state index in [4.69, 9.17) is 4.74 Å². The molecule has 1 aromatic rings. The smallest absolute Gasteiger partial charge is 0.251 e. The molecule has 1 N–H and O–H groups in total. The lowest BCUT2D eigenvalue weighted by atomic mass is 10.1. The van der Waals surface area contributed by atoms with E-state index in [1.54, 1.807) is 11.8 Å². The number of hydrogen-bond acceptors (Lipinski definition) is 4. The van der Waals surface area contributed by atoms with Crippen molar-refractivity contribution in [1.29, 1.82) is 0 Å². The minimum absolute atomic E-state index is 0.0375. The molecule has 5 nitrogen and oxygen atoms in total. The number of ether oxygens (including phenoxy) is 1. The summed E-state index contributed by atoms with van der Waals surface area (Å²) in [6.45, 7) is 2.28. The Labute approximate surface area is 159 Å². The van der Waals surface area contributed by atoms with Gasteiger partial charge in [0.25, 0.3) is 5.91 Å². The van der Waals surface area contributed by atoms with Crippen LogP contribution in [-0.2, 0) is 4.79 Å². The third-order valence-electron chi connectivity index (χ3n) is 4.91. The molecule has 1 aromatic carbocycles. The first-order chi connectivity index (χ1) is 12.7. The summed E-state index contributed by atoms with van der Waals surface area (Å²) >= 11 is 1.78. The normalized spacial score (nSPS) is 17.8. The Morgan fingerprint density at radius 2 is 1.85 bits per heavy atom. The predicted octanol–water partition coefficient (Wildman–Crippen LogP) is 2.95. The third-order valence-corrected chi connectivity index (χ3v) is 5.61. The minimum atomic E-state index is -0.0375. The van der Waals surface area contributed by atoms with E-state index >= 15 is 0 Å². The molecular weight excluding hydrogens is 348 g/mol. The van der Waals surface area contributed by atoms with E-state index in [-0.39, 0.29) is 12.0 Å². The van der Waals surface area contributed by atoms with E-state index < -0.39 is 0 Å². The summed E-state index contributed by atoms with van der Waals surface area (Å²) in [7, 11) is 0.